The van der Waals surface area contributed by atoms with Gasteiger partial charge in [-0.25, -0.2) is 0 Å². The van der Waals surface area contributed by atoms with E-state index >= 15 is 0 Å². The fraction of sp³-hybridized carbons (Fsp3) is 0.364. The van der Waals surface area contributed by atoms with Crippen molar-refractivity contribution in [2.24, 2.45) is 7.05 Å². The molecule has 0 bridgehead atoms. The molecule has 0 aromatic carbocycles. The second-order valence-electron chi connectivity index (χ2n) is 4.37. The van der Waals surface area contributed by atoms with Crippen LogP contribution in [0, 0.1) is 17.0 Å². The number of aromatic nitrogens is 4. The molecule has 0 radical (unpaired) electrons. The van der Waals surface area contributed by atoms with Gasteiger partial charge in [0, 0.05) is 7.05 Å². The first-order valence-electron chi connectivity index (χ1n) is 5.88. The smallest absolute Gasteiger partial charge is 0.307 e. The summed E-state index contributed by atoms with van der Waals surface area (Å²) in [7, 11) is 1.77. The van der Waals surface area contributed by atoms with E-state index in [1.165, 1.54) is 10.9 Å². The highest BCUT2D eigenvalue weighted by molar-refractivity contribution is 5.93. The number of anilines is 1. The van der Waals surface area contributed by atoms with Gasteiger partial charge in [0.15, 0.2) is 0 Å². The molecule has 9 nitrogen and oxygen atoms in total. The molecule has 106 valence electrons. The molecule has 0 aliphatic rings. The van der Waals surface area contributed by atoms with Crippen molar-refractivity contribution >= 4 is 17.3 Å². The second kappa shape index (κ2) is 5.11. The quantitative estimate of drug-likeness (QED) is 0.663. The Morgan fingerprint density at radius 3 is 2.65 bits per heavy atom. The Labute approximate surface area is 114 Å². The lowest BCUT2D eigenvalue weighted by Crippen LogP contribution is -2.24. The van der Waals surface area contributed by atoms with Crippen LogP contribution in [0.25, 0.3) is 0 Å². The van der Waals surface area contributed by atoms with Gasteiger partial charge in [-0.05, 0) is 13.8 Å². The van der Waals surface area contributed by atoms with E-state index in [2.05, 4.69) is 15.5 Å². The van der Waals surface area contributed by atoms with Gasteiger partial charge in [-0.15, -0.1) is 0 Å². The minimum Gasteiger partial charge on any atom is -0.321 e. The maximum Gasteiger partial charge on any atom is 0.307 e. The Morgan fingerprint density at radius 2 is 2.15 bits per heavy atom. The van der Waals surface area contributed by atoms with Crippen LogP contribution in [0.1, 0.15) is 18.7 Å². The van der Waals surface area contributed by atoms with Crippen molar-refractivity contribution < 1.29 is 9.72 Å². The number of nitro groups is 1. The van der Waals surface area contributed by atoms with E-state index in [1.807, 2.05) is 6.92 Å². The van der Waals surface area contributed by atoms with Gasteiger partial charge >= 0.3 is 5.69 Å². The zero-order chi connectivity index (χ0) is 14.9. The minimum atomic E-state index is -0.664. The summed E-state index contributed by atoms with van der Waals surface area (Å²) < 4.78 is 2.89. The maximum atomic E-state index is 12.1. The monoisotopic (exact) mass is 278 g/mol. The summed E-state index contributed by atoms with van der Waals surface area (Å²) in [6.07, 6.45) is 3.88. The van der Waals surface area contributed by atoms with Crippen LogP contribution in [0.5, 0.6) is 0 Å². The number of nitrogens with zero attached hydrogens (tertiary/aromatic N) is 5. The van der Waals surface area contributed by atoms with E-state index < -0.39 is 11.0 Å². The number of nitrogens with one attached hydrogen (secondary N) is 1. The molecular weight excluding hydrogens is 264 g/mol. The number of rotatable bonds is 4. The van der Waals surface area contributed by atoms with Gasteiger partial charge in [-0.3, -0.25) is 24.3 Å². The highest BCUT2D eigenvalue weighted by atomic mass is 16.6. The van der Waals surface area contributed by atoms with Gasteiger partial charge in [0.05, 0.1) is 22.5 Å². The predicted molar refractivity (Wildman–Crippen MR) is 70.2 cm³/mol. The van der Waals surface area contributed by atoms with Crippen LogP contribution in [0.2, 0.25) is 0 Å². The third kappa shape index (κ3) is 2.51. The van der Waals surface area contributed by atoms with Crippen molar-refractivity contribution in [1.29, 1.82) is 0 Å². The molecule has 2 aromatic heterocycles. The third-order valence-electron chi connectivity index (χ3n) is 3.07. The maximum absolute atomic E-state index is 12.1. The minimum absolute atomic E-state index is 0.151. The number of aryl methyl sites for hydroxylation is 1. The summed E-state index contributed by atoms with van der Waals surface area (Å²) in [5.74, 6) is -0.320. The zero-order valence-electron chi connectivity index (χ0n) is 11.3. The highest BCUT2D eigenvalue weighted by Gasteiger charge is 2.20. The summed E-state index contributed by atoms with van der Waals surface area (Å²) in [6.45, 7) is 3.43. The molecule has 0 saturated carbocycles. The normalized spacial score (nSPS) is 12.2. The summed E-state index contributed by atoms with van der Waals surface area (Å²) in [6, 6.07) is -0.664. The Kier molecular flexibility index (Phi) is 3.51. The predicted octanol–water partition coefficient (Wildman–Crippen LogP) is 1.03. The van der Waals surface area contributed by atoms with Crippen LogP contribution < -0.4 is 5.32 Å². The number of amides is 1. The van der Waals surface area contributed by atoms with Crippen molar-refractivity contribution in [3.63, 3.8) is 0 Å². The Morgan fingerprint density at radius 1 is 1.45 bits per heavy atom. The molecule has 0 fully saturated rings. The van der Waals surface area contributed by atoms with Gasteiger partial charge in [0.25, 0.3) is 0 Å². The summed E-state index contributed by atoms with van der Waals surface area (Å²) in [5.41, 5.74) is 1.27. The summed E-state index contributed by atoms with van der Waals surface area (Å²) in [5, 5.41) is 21.1. The molecule has 1 unspecified atom stereocenters. The average molecular weight is 278 g/mol. The van der Waals surface area contributed by atoms with Crippen LogP contribution in [-0.2, 0) is 11.8 Å². The molecule has 0 aliphatic heterocycles. The van der Waals surface area contributed by atoms with Crippen molar-refractivity contribution in [2.75, 3.05) is 5.32 Å². The summed E-state index contributed by atoms with van der Waals surface area (Å²) >= 11 is 0. The van der Waals surface area contributed by atoms with E-state index in [9.17, 15) is 14.9 Å². The lowest BCUT2D eigenvalue weighted by atomic mass is 10.3. The average Bonchev–Trinajstić information content (AvgIpc) is 3.00. The number of carbonyl (C=O) groups excluding carboxylic acids is 1. The number of hydrogen-bond acceptors (Lipinski definition) is 5. The number of hydrogen-bond donors (Lipinski definition) is 1. The van der Waals surface area contributed by atoms with Gasteiger partial charge in [-0.1, -0.05) is 0 Å². The largest absolute Gasteiger partial charge is 0.321 e. The van der Waals surface area contributed by atoms with Crippen LogP contribution in [-0.4, -0.2) is 30.4 Å². The summed E-state index contributed by atoms with van der Waals surface area (Å²) in [4.78, 5) is 22.1. The van der Waals surface area contributed by atoms with Crippen molar-refractivity contribution in [2.45, 2.75) is 19.9 Å². The molecule has 1 amide bonds. The molecule has 2 heterocycles. The fourth-order valence-corrected chi connectivity index (χ4v) is 1.61. The topological polar surface area (TPSA) is 108 Å². The van der Waals surface area contributed by atoms with Gasteiger partial charge in [-0.2, -0.15) is 10.2 Å². The molecular formula is C11H14N6O3. The molecule has 1 atom stereocenters. The highest BCUT2D eigenvalue weighted by Crippen LogP contribution is 2.17. The van der Waals surface area contributed by atoms with Crippen molar-refractivity contribution in [1.82, 2.24) is 19.6 Å². The van der Waals surface area contributed by atoms with E-state index in [0.29, 0.717) is 5.69 Å². The van der Waals surface area contributed by atoms with E-state index in [4.69, 9.17) is 0 Å². The molecule has 2 rings (SSSR count). The number of carbonyl (C=O) groups is 1. The molecule has 2 aromatic rings. The van der Waals surface area contributed by atoms with Crippen LogP contribution in [0.15, 0.2) is 18.6 Å². The molecule has 0 saturated heterocycles. The molecule has 0 spiro atoms. The van der Waals surface area contributed by atoms with E-state index in [-0.39, 0.29) is 11.6 Å². The van der Waals surface area contributed by atoms with Gasteiger partial charge < -0.3 is 5.32 Å². The molecule has 20 heavy (non-hydrogen) atoms. The molecule has 0 aliphatic carbocycles. The second-order valence-corrected chi connectivity index (χ2v) is 4.37. The Balaban J connectivity index is 2.12. The Bertz CT molecular complexity index is 659. The molecule has 9 heteroatoms. The first-order valence-corrected chi connectivity index (χ1v) is 5.88. The zero-order valence-corrected chi connectivity index (χ0v) is 11.3. The first kappa shape index (κ1) is 13.7. The Hall–Kier alpha value is -2.71. The third-order valence-corrected chi connectivity index (χ3v) is 3.07. The van der Waals surface area contributed by atoms with Crippen LogP contribution >= 0.6 is 0 Å². The standard InChI is InChI=1S/C11H14N6O3/c1-7-10(5-12-15(7)3)14-11(18)8(2)16-6-9(4-13-16)17(19)20/h4-6,8H,1-3H3,(H,14,18). The first-order chi connectivity index (χ1) is 9.40. The van der Waals surface area contributed by atoms with E-state index in [0.717, 1.165) is 11.9 Å². The van der Waals surface area contributed by atoms with Crippen LogP contribution in [0.3, 0.4) is 0 Å². The SMILES string of the molecule is Cc1c(NC(=O)C(C)n2cc([N+](=O)[O-])cn2)cnn1C. The fourth-order valence-electron chi connectivity index (χ4n) is 1.61. The van der Waals surface area contributed by atoms with E-state index in [1.54, 1.807) is 24.9 Å². The van der Waals surface area contributed by atoms with Gasteiger partial charge in [0.1, 0.15) is 18.4 Å². The lowest BCUT2D eigenvalue weighted by Gasteiger charge is -2.11. The molecule has 1 N–H and O–H groups in total. The van der Waals surface area contributed by atoms with Gasteiger partial charge in [0.2, 0.25) is 5.91 Å². The van der Waals surface area contributed by atoms with Crippen molar-refractivity contribution in [3.05, 3.63) is 34.4 Å². The van der Waals surface area contributed by atoms with Crippen molar-refractivity contribution in [3.8, 4) is 0 Å². The lowest BCUT2D eigenvalue weighted by molar-refractivity contribution is -0.385. The van der Waals surface area contributed by atoms with Crippen LogP contribution in [0.4, 0.5) is 11.4 Å².